The third-order valence-corrected chi connectivity index (χ3v) is 2.22. The van der Waals surface area contributed by atoms with Crippen molar-refractivity contribution in [3.63, 3.8) is 0 Å². The number of hydrogen-bond donors (Lipinski definition) is 1. The van der Waals surface area contributed by atoms with Gasteiger partial charge < -0.3 is 5.32 Å². The van der Waals surface area contributed by atoms with Crippen LogP contribution in [0.25, 0.3) is 0 Å². The van der Waals surface area contributed by atoms with Crippen molar-refractivity contribution in [2.45, 2.75) is 6.92 Å². The van der Waals surface area contributed by atoms with Gasteiger partial charge in [-0.2, -0.15) is 0 Å². The van der Waals surface area contributed by atoms with E-state index in [-0.39, 0.29) is 0 Å². The highest BCUT2D eigenvalue weighted by Crippen LogP contribution is 2.19. The minimum absolute atomic E-state index is 0.623. The minimum Gasteiger partial charge on any atom is -0.349 e. The summed E-state index contributed by atoms with van der Waals surface area (Å²) in [6, 6.07) is 0. The summed E-state index contributed by atoms with van der Waals surface area (Å²) in [4.78, 5) is 0. The zero-order chi connectivity index (χ0) is 8.10. The normalized spacial score (nSPS) is 8.55. The van der Waals surface area contributed by atoms with Crippen molar-refractivity contribution in [1.29, 1.82) is 0 Å². The molecule has 0 saturated heterocycles. The lowest BCUT2D eigenvalue weighted by molar-refractivity contribution is 1.06. The van der Waals surface area contributed by atoms with E-state index in [2.05, 4.69) is 43.3 Å². The van der Waals surface area contributed by atoms with Gasteiger partial charge >= 0.3 is 0 Å². The molecular formula is C6H6BrN3S. The summed E-state index contributed by atoms with van der Waals surface area (Å²) >= 11 is 4.66. The van der Waals surface area contributed by atoms with Gasteiger partial charge in [-0.1, -0.05) is 17.3 Å². The Morgan fingerprint density at radius 3 is 3.00 bits per heavy atom. The van der Waals surface area contributed by atoms with E-state index in [1.54, 1.807) is 6.92 Å². The van der Waals surface area contributed by atoms with Gasteiger partial charge in [0, 0.05) is 0 Å². The average Bonchev–Trinajstić information content (AvgIpc) is 2.37. The molecule has 0 aliphatic heterocycles. The van der Waals surface area contributed by atoms with E-state index >= 15 is 0 Å². The highest BCUT2D eigenvalue weighted by Gasteiger charge is 1.96. The minimum atomic E-state index is 0.623. The average molecular weight is 232 g/mol. The predicted molar refractivity (Wildman–Crippen MR) is 49.5 cm³/mol. The second-order valence-electron chi connectivity index (χ2n) is 1.64. The third-order valence-electron chi connectivity index (χ3n) is 0.905. The molecule has 0 spiro atoms. The summed E-state index contributed by atoms with van der Waals surface area (Å²) in [7, 11) is 0. The molecule has 0 amide bonds. The van der Waals surface area contributed by atoms with Gasteiger partial charge in [0.2, 0.25) is 5.13 Å². The van der Waals surface area contributed by atoms with Crippen LogP contribution in [-0.4, -0.2) is 16.7 Å². The molecule has 0 atom stereocenters. The Bertz CT molecular complexity index is 286. The first-order valence-corrected chi connectivity index (χ1v) is 4.56. The van der Waals surface area contributed by atoms with Crippen LogP contribution in [0, 0.1) is 11.8 Å². The number of aromatic nitrogens is 2. The van der Waals surface area contributed by atoms with Crippen molar-refractivity contribution >= 4 is 32.4 Å². The van der Waals surface area contributed by atoms with Gasteiger partial charge in [0.05, 0.1) is 6.54 Å². The first-order chi connectivity index (χ1) is 5.33. The summed E-state index contributed by atoms with van der Waals surface area (Å²) in [6.45, 7) is 2.43. The third kappa shape index (κ3) is 2.87. The van der Waals surface area contributed by atoms with Crippen LogP contribution in [0.15, 0.2) is 3.92 Å². The Kier molecular flexibility index (Phi) is 3.33. The molecule has 1 aromatic heterocycles. The molecule has 0 bridgehead atoms. The van der Waals surface area contributed by atoms with Crippen LogP contribution >= 0.6 is 27.3 Å². The summed E-state index contributed by atoms with van der Waals surface area (Å²) < 4.78 is 0.782. The number of anilines is 1. The number of hydrogen-bond acceptors (Lipinski definition) is 4. The zero-order valence-corrected chi connectivity index (χ0v) is 8.29. The first kappa shape index (κ1) is 8.50. The van der Waals surface area contributed by atoms with E-state index in [9.17, 15) is 0 Å². The fourth-order valence-electron chi connectivity index (χ4n) is 0.485. The number of nitrogens with one attached hydrogen (secondary N) is 1. The number of nitrogens with zero attached hydrogens (tertiary/aromatic N) is 2. The first-order valence-electron chi connectivity index (χ1n) is 2.95. The molecule has 0 saturated carbocycles. The van der Waals surface area contributed by atoms with Crippen molar-refractivity contribution in [3.8, 4) is 11.8 Å². The molecule has 1 heterocycles. The summed E-state index contributed by atoms with van der Waals surface area (Å²) in [5, 5.41) is 11.4. The molecule has 1 aromatic rings. The number of halogens is 1. The van der Waals surface area contributed by atoms with E-state index in [0.717, 1.165) is 9.05 Å². The van der Waals surface area contributed by atoms with Crippen molar-refractivity contribution in [2.24, 2.45) is 0 Å². The van der Waals surface area contributed by atoms with E-state index in [1.165, 1.54) is 11.3 Å². The van der Waals surface area contributed by atoms with E-state index < -0.39 is 0 Å². The molecule has 58 valence electrons. The second-order valence-corrected chi connectivity index (χ2v) is 3.89. The van der Waals surface area contributed by atoms with Crippen LogP contribution in [0.4, 0.5) is 5.13 Å². The maximum atomic E-state index is 3.83. The monoisotopic (exact) mass is 231 g/mol. The zero-order valence-electron chi connectivity index (χ0n) is 5.89. The quantitative estimate of drug-likeness (QED) is 0.789. The Morgan fingerprint density at radius 1 is 1.64 bits per heavy atom. The molecule has 1 N–H and O–H groups in total. The topological polar surface area (TPSA) is 37.8 Å². The molecule has 0 aliphatic carbocycles. The van der Waals surface area contributed by atoms with E-state index in [0.29, 0.717) is 6.54 Å². The summed E-state index contributed by atoms with van der Waals surface area (Å²) in [5.41, 5.74) is 0. The Labute approximate surface area is 77.4 Å². The van der Waals surface area contributed by atoms with Crippen LogP contribution in [0.3, 0.4) is 0 Å². The van der Waals surface area contributed by atoms with Crippen LogP contribution in [-0.2, 0) is 0 Å². The van der Waals surface area contributed by atoms with E-state index in [1.807, 2.05) is 0 Å². The fraction of sp³-hybridized carbons (Fsp3) is 0.333. The van der Waals surface area contributed by atoms with Gasteiger partial charge in [-0.15, -0.1) is 16.1 Å². The van der Waals surface area contributed by atoms with Gasteiger partial charge in [-0.05, 0) is 22.9 Å². The maximum absolute atomic E-state index is 3.83. The molecule has 0 unspecified atom stereocenters. The lowest BCUT2D eigenvalue weighted by atomic mass is 10.6. The molecule has 1 rings (SSSR count). The fourth-order valence-corrected chi connectivity index (χ4v) is 1.49. The van der Waals surface area contributed by atoms with Gasteiger partial charge in [-0.3, -0.25) is 0 Å². The molecule has 3 nitrogen and oxygen atoms in total. The second kappa shape index (κ2) is 4.31. The standard InChI is InChI=1S/C6H6BrN3S/c1-2-3-4-8-6-10-9-5(7)11-6/h4H2,1H3,(H,8,10). The Hall–Kier alpha value is -0.600. The van der Waals surface area contributed by atoms with Crippen molar-refractivity contribution < 1.29 is 0 Å². The maximum Gasteiger partial charge on any atom is 0.207 e. The molecule has 5 heteroatoms. The van der Waals surface area contributed by atoms with E-state index in [4.69, 9.17) is 0 Å². The molecule has 0 fully saturated rings. The van der Waals surface area contributed by atoms with Gasteiger partial charge in [0.15, 0.2) is 3.92 Å². The summed E-state index contributed by atoms with van der Waals surface area (Å²) in [6.07, 6.45) is 0. The Morgan fingerprint density at radius 2 is 2.45 bits per heavy atom. The van der Waals surface area contributed by atoms with Crippen molar-refractivity contribution in [3.05, 3.63) is 3.92 Å². The molecule has 0 aliphatic rings. The smallest absolute Gasteiger partial charge is 0.207 e. The predicted octanol–water partition coefficient (Wildman–Crippen LogP) is 1.74. The lowest BCUT2D eigenvalue weighted by Gasteiger charge is -1.90. The van der Waals surface area contributed by atoms with Crippen molar-refractivity contribution in [1.82, 2.24) is 10.2 Å². The van der Waals surface area contributed by atoms with Gasteiger partial charge in [0.25, 0.3) is 0 Å². The number of rotatable bonds is 2. The van der Waals surface area contributed by atoms with Crippen LogP contribution in [0.1, 0.15) is 6.92 Å². The summed E-state index contributed by atoms with van der Waals surface area (Å²) in [5.74, 6) is 5.65. The highest BCUT2D eigenvalue weighted by atomic mass is 79.9. The largest absolute Gasteiger partial charge is 0.349 e. The highest BCUT2D eigenvalue weighted by molar-refractivity contribution is 9.11. The van der Waals surface area contributed by atoms with Crippen molar-refractivity contribution in [2.75, 3.05) is 11.9 Å². The Balaban J connectivity index is 2.43. The lowest BCUT2D eigenvalue weighted by Crippen LogP contribution is -1.97. The van der Waals surface area contributed by atoms with Crippen LogP contribution < -0.4 is 5.32 Å². The SMILES string of the molecule is CC#CCNc1nnc(Br)s1. The van der Waals surface area contributed by atoms with Crippen LogP contribution in [0.5, 0.6) is 0 Å². The molecule has 0 radical (unpaired) electrons. The van der Waals surface area contributed by atoms with Gasteiger partial charge in [-0.25, -0.2) is 0 Å². The molecule has 11 heavy (non-hydrogen) atoms. The molecular weight excluding hydrogens is 226 g/mol. The molecule has 0 aromatic carbocycles. The van der Waals surface area contributed by atoms with Gasteiger partial charge in [0.1, 0.15) is 0 Å². The van der Waals surface area contributed by atoms with Crippen LogP contribution in [0.2, 0.25) is 0 Å².